The third kappa shape index (κ3) is 4.21. The second kappa shape index (κ2) is 7.25. The maximum Gasteiger partial charge on any atom is 0.230 e. The Labute approximate surface area is 126 Å². The Morgan fingerprint density at radius 3 is 2.85 bits per heavy atom. The van der Waals surface area contributed by atoms with E-state index in [4.69, 9.17) is 0 Å². The molecule has 1 aromatic heterocycles. The second-order valence-electron chi connectivity index (χ2n) is 4.12. The second-order valence-corrected chi connectivity index (χ2v) is 6.31. The molecule has 20 heavy (non-hydrogen) atoms. The molecule has 0 unspecified atom stereocenters. The van der Waals surface area contributed by atoms with Gasteiger partial charge in [0.2, 0.25) is 11.0 Å². The van der Waals surface area contributed by atoms with Crippen LogP contribution < -0.4 is 10.6 Å². The Kier molecular flexibility index (Phi) is 5.37. The minimum Gasteiger partial charge on any atom is -0.363 e. The third-order valence-corrected chi connectivity index (χ3v) is 4.76. The lowest BCUT2D eigenvalue weighted by atomic mass is 10.1. The van der Waals surface area contributed by atoms with Gasteiger partial charge in [-0.25, -0.2) is 0 Å². The normalized spacial score (nSPS) is 10.3. The first kappa shape index (κ1) is 14.8. The smallest absolute Gasteiger partial charge is 0.230 e. The summed E-state index contributed by atoms with van der Waals surface area (Å²) in [6.07, 6.45) is 0. The Hall–Kier alpha value is -1.60. The molecule has 0 bridgehead atoms. The number of carbonyl (C=O) groups excluding carboxylic acids is 1. The van der Waals surface area contributed by atoms with Crippen LogP contribution in [0.4, 0.5) is 5.13 Å². The molecule has 2 rings (SSSR count). The average Bonchev–Trinajstić information content (AvgIpc) is 2.92. The molecule has 7 heteroatoms. The molecule has 0 aliphatic heterocycles. The zero-order valence-corrected chi connectivity index (χ0v) is 13.0. The lowest BCUT2D eigenvalue weighted by Gasteiger charge is -2.07. The van der Waals surface area contributed by atoms with Crippen molar-refractivity contribution in [3.8, 4) is 0 Å². The summed E-state index contributed by atoms with van der Waals surface area (Å²) in [5.41, 5.74) is 2.32. The number of amides is 1. The summed E-state index contributed by atoms with van der Waals surface area (Å²) in [5.74, 6) is 0.351. The van der Waals surface area contributed by atoms with Gasteiger partial charge < -0.3 is 10.6 Å². The Balaban J connectivity index is 1.77. The van der Waals surface area contributed by atoms with Gasteiger partial charge in [-0.2, -0.15) is 0 Å². The molecule has 0 saturated carbocycles. The van der Waals surface area contributed by atoms with Crippen molar-refractivity contribution in [3.05, 3.63) is 35.4 Å². The third-order valence-electron chi connectivity index (χ3n) is 2.68. The molecule has 0 spiro atoms. The molecule has 1 amide bonds. The number of nitrogens with zero attached hydrogens (tertiary/aromatic N) is 2. The van der Waals surface area contributed by atoms with Gasteiger partial charge in [0.1, 0.15) is 0 Å². The van der Waals surface area contributed by atoms with Crippen LogP contribution >= 0.6 is 23.1 Å². The molecule has 1 aromatic carbocycles. The van der Waals surface area contributed by atoms with E-state index in [1.165, 1.54) is 28.7 Å². The van der Waals surface area contributed by atoms with Gasteiger partial charge in [0.05, 0.1) is 5.75 Å². The van der Waals surface area contributed by atoms with Crippen LogP contribution in [0.15, 0.2) is 28.6 Å². The van der Waals surface area contributed by atoms with E-state index < -0.39 is 0 Å². The van der Waals surface area contributed by atoms with E-state index in [1.807, 2.05) is 31.2 Å². The number of thioether (sulfide) groups is 1. The van der Waals surface area contributed by atoms with E-state index >= 15 is 0 Å². The number of nitrogens with one attached hydrogen (secondary N) is 2. The van der Waals surface area contributed by atoms with Crippen molar-refractivity contribution < 1.29 is 4.79 Å². The Bertz CT molecular complexity index is 585. The van der Waals surface area contributed by atoms with Crippen LogP contribution in [0.5, 0.6) is 0 Å². The summed E-state index contributed by atoms with van der Waals surface area (Å²) in [7, 11) is 1.80. The van der Waals surface area contributed by atoms with Gasteiger partial charge in [0.15, 0.2) is 4.34 Å². The van der Waals surface area contributed by atoms with Crippen LogP contribution in [0, 0.1) is 6.92 Å². The van der Waals surface area contributed by atoms with Crippen LogP contribution in [-0.4, -0.2) is 28.9 Å². The maximum absolute atomic E-state index is 11.8. The maximum atomic E-state index is 11.8. The molecule has 0 saturated heterocycles. The van der Waals surface area contributed by atoms with Crippen molar-refractivity contribution >= 4 is 34.1 Å². The first-order chi connectivity index (χ1) is 9.69. The lowest BCUT2D eigenvalue weighted by molar-refractivity contribution is -0.118. The average molecular weight is 308 g/mol. The predicted octanol–water partition coefficient (Wildman–Crippen LogP) is 2.30. The molecular weight excluding hydrogens is 292 g/mol. The highest BCUT2D eigenvalue weighted by Crippen LogP contribution is 2.24. The van der Waals surface area contributed by atoms with Crippen LogP contribution in [0.25, 0.3) is 0 Å². The molecule has 1 heterocycles. The van der Waals surface area contributed by atoms with Crippen LogP contribution in [0.1, 0.15) is 11.1 Å². The molecule has 2 aromatic rings. The Morgan fingerprint density at radius 1 is 1.35 bits per heavy atom. The van der Waals surface area contributed by atoms with E-state index in [0.717, 1.165) is 15.0 Å². The predicted molar refractivity (Wildman–Crippen MR) is 83.2 cm³/mol. The van der Waals surface area contributed by atoms with Crippen molar-refractivity contribution in [3.63, 3.8) is 0 Å². The molecule has 0 atom stereocenters. The van der Waals surface area contributed by atoms with Crippen molar-refractivity contribution in [1.82, 2.24) is 15.5 Å². The number of rotatable bonds is 6. The topological polar surface area (TPSA) is 66.9 Å². The van der Waals surface area contributed by atoms with Gasteiger partial charge in [0.25, 0.3) is 0 Å². The molecule has 0 fully saturated rings. The zero-order valence-electron chi connectivity index (χ0n) is 11.3. The SMILES string of the molecule is CNc1nnc(SCC(=O)NCc2ccccc2C)s1. The molecule has 0 aliphatic rings. The quantitative estimate of drug-likeness (QED) is 0.802. The molecule has 0 aliphatic carbocycles. The first-order valence-corrected chi connectivity index (χ1v) is 7.94. The van der Waals surface area contributed by atoms with Crippen molar-refractivity contribution in [2.45, 2.75) is 17.8 Å². The molecular formula is C13H16N4OS2. The van der Waals surface area contributed by atoms with E-state index in [0.29, 0.717) is 12.3 Å². The van der Waals surface area contributed by atoms with E-state index in [-0.39, 0.29) is 5.91 Å². The van der Waals surface area contributed by atoms with E-state index in [9.17, 15) is 4.79 Å². The highest BCUT2D eigenvalue weighted by molar-refractivity contribution is 8.01. The fraction of sp³-hybridized carbons (Fsp3) is 0.308. The van der Waals surface area contributed by atoms with Gasteiger partial charge >= 0.3 is 0 Å². The lowest BCUT2D eigenvalue weighted by Crippen LogP contribution is -2.24. The van der Waals surface area contributed by atoms with Gasteiger partial charge in [-0.05, 0) is 18.1 Å². The first-order valence-electron chi connectivity index (χ1n) is 6.14. The largest absolute Gasteiger partial charge is 0.363 e. The van der Waals surface area contributed by atoms with Gasteiger partial charge in [-0.3, -0.25) is 4.79 Å². The number of aromatic nitrogens is 2. The summed E-state index contributed by atoms with van der Waals surface area (Å²) in [6.45, 7) is 2.60. The van der Waals surface area contributed by atoms with E-state index in [2.05, 4.69) is 20.8 Å². The summed E-state index contributed by atoms with van der Waals surface area (Å²) in [6, 6.07) is 8.03. The minimum atomic E-state index is -0.000499. The number of hydrogen-bond donors (Lipinski definition) is 2. The number of anilines is 1. The highest BCUT2D eigenvalue weighted by Gasteiger charge is 2.07. The fourth-order valence-electron chi connectivity index (χ4n) is 1.55. The number of hydrogen-bond acceptors (Lipinski definition) is 6. The summed E-state index contributed by atoms with van der Waals surface area (Å²) in [4.78, 5) is 11.8. The highest BCUT2D eigenvalue weighted by atomic mass is 32.2. The number of carbonyl (C=O) groups is 1. The van der Waals surface area contributed by atoms with Gasteiger partial charge in [0, 0.05) is 13.6 Å². The molecule has 5 nitrogen and oxygen atoms in total. The summed E-state index contributed by atoms with van der Waals surface area (Å²) in [5, 5.41) is 14.5. The monoisotopic (exact) mass is 308 g/mol. The molecule has 106 valence electrons. The zero-order chi connectivity index (χ0) is 14.4. The fourth-order valence-corrected chi connectivity index (χ4v) is 3.08. The van der Waals surface area contributed by atoms with Crippen molar-refractivity contribution in [2.24, 2.45) is 0 Å². The minimum absolute atomic E-state index is 0.000499. The van der Waals surface area contributed by atoms with Crippen LogP contribution in [0.3, 0.4) is 0 Å². The standard InChI is InChI=1S/C13H16N4OS2/c1-9-5-3-4-6-10(9)7-15-11(18)8-19-13-17-16-12(14-2)20-13/h3-6H,7-8H2,1-2H3,(H,14,16)(H,15,18). The van der Waals surface area contributed by atoms with Crippen LogP contribution in [-0.2, 0) is 11.3 Å². The Morgan fingerprint density at radius 2 is 2.15 bits per heavy atom. The van der Waals surface area contributed by atoms with Gasteiger partial charge in [-0.1, -0.05) is 47.4 Å². The number of aryl methyl sites for hydroxylation is 1. The van der Waals surface area contributed by atoms with Crippen molar-refractivity contribution in [2.75, 3.05) is 18.1 Å². The molecule has 0 radical (unpaired) electrons. The van der Waals surface area contributed by atoms with Gasteiger partial charge in [-0.15, -0.1) is 10.2 Å². The summed E-state index contributed by atoms with van der Waals surface area (Å²) < 4.78 is 0.792. The van der Waals surface area contributed by atoms with Crippen molar-refractivity contribution in [1.29, 1.82) is 0 Å². The number of benzene rings is 1. The van der Waals surface area contributed by atoms with Crippen LogP contribution in [0.2, 0.25) is 0 Å². The van der Waals surface area contributed by atoms with E-state index in [1.54, 1.807) is 7.05 Å². The summed E-state index contributed by atoms with van der Waals surface area (Å²) >= 11 is 2.84. The molecule has 2 N–H and O–H groups in total.